The van der Waals surface area contributed by atoms with E-state index in [1.807, 2.05) is 30.5 Å². The summed E-state index contributed by atoms with van der Waals surface area (Å²) in [5, 5.41) is 10.9. The van der Waals surface area contributed by atoms with Crippen LogP contribution in [0.15, 0.2) is 53.6 Å². The third kappa shape index (κ3) is 2.18. The van der Waals surface area contributed by atoms with Gasteiger partial charge in [-0.25, -0.2) is 4.68 Å². The van der Waals surface area contributed by atoms with Gasteiger partial charge in [0.15, 0.2) is 0 Å². The predicted octanol–water partition coefficient (Wildman–Crippen LogP) is 1.84. The molecule has 0 radical (unpaired) electrons. The van der Waals surface area contributed by atoms with Crippen molar-refractivity contribution in [3.63, 3.8) is 0 Å². The molecule has 0 saturated carbocycles. The van der Waals surface area contributed by atoms with Crippen LogP contribution in [-0.2, 0) is 7.05 Å². The first-order chi connectivity index (χ1) is 9.24. The molecule has 94 valence electrons. The average Bonchev–Trinajstić information content (AvgIpc) is 2.96. The maximum Gasteiger partial charge on any atom is 0.266 e. The molecule has 19 heavy (non-hydrogen) atoms. The monoisotopic (exact) mass is 252 g/mol. The zero-order valence-corrected chi connectivity index (χ0v) is 10.4. The number of nitrogens with one attached hydrogen (secondary N) is 1. The molecule has 0 aliphatic rings. The van der Waals surface area contributed by atoms with E-state index >= 15 is 0 Å². The Morgan fingerprint density at radius 3 is 2.37 bits per heavy atom. The fourth-order valence-electron chi connectivity index (χ4n) is 1.90. The molecule has 5 nitrogen and oxygen atoms in total. The van der Waals surface area contributed by atoms with E-state index in [0.29, 0.717) is 0 Å². The quantitative estimate of drug-likeness (QED) is 0.757. The fourth-order valence-corrected chi connectivity index (χ4v) is 1.90. The molecule has 1 N–H and O–H groups in total. The highest BCUT2D eigenvalue weighted by atomic mass is 16.1. The molecular formula is C14H12N4O. The molecule has 0 spiro atoms. The molecule has 0 bridgehead atoms. The van der Waals surface area contributed by atoms with Gasteiger partial charge in [0.25, 0.3) is 5.56 Å². The van der Waals surface area contributed by atoms with Gasteiger partial charge in [-0.15, -0.1) is 0 Å². The van der Waals surface area contributed by atoms with Crippen molar-refractivity contribution in [3.05, 3.63) is 59.1 Å². The molecule has 0 amide bonds. The molecular weight excluding hydrogens is 240 g/mol. The van der Waals surface area contributed by atoms with Crippen molar-refractivity contribution in [2.75, 3.05) is 0 Å². The van der Waals surface area contributed by atoms with E-state index in [9.17, 15) is 4.79 Å². The molecule has 2 aromatic heterocycles. The van der Waals surface area contributed by atoms with E-state index < -0.39 is 0 Å². The lowest BCUT2D eigenvalue weighted by atomic mass is 10.1. The number of nitrogens with zero attached hydrogens (tertiary/aromatic N) is 3. The molecule has 0 aliphatic heterocycles. The summed E-state index contributed by atoms with van der Waals surface area (Å²) in [5.74, 6) is 0. The van der Waals surface area contributed by atoms with Crippen LogP contribution in [-0.4, -0.2) is 20.0 Å². The van der Waals surface area contributed by atoms with Crippen LogP contribution in [0.25, 0.3) is 22.4 Å². The Kier molecular flexibility index (Phi) is 2.72. The Morgan fingerprint density at radius 1 is 1.00 bits per heavy atom. The Bertz CT molecular complexity index is 742. The maximum atomic E-state index is 11.3. The van der Waals surface area contributed by atoms with E-state index in [1.165, 1.54) is 10.7 Å². The number of aromatic nitrogens is 4. The third-order valence-corrected chi connectivity index (χ3v) is 2.97. The molecule has 3 aromatic rings. The molecule has 0 fully saturated rings. The van der Waals surface area contributed by atoms with Gasteiger partial charge in [0, 0.05) is 30.4 Å². The maximum absolute atomic E-state index is 11.3. The van der Waals surface area contributed by atoms with Crippen molar-refractivity contribution in [2.45, 2.75) is 0 Å². The normalized spacial score (nSPS) is 10.6. The number of benzene rings is 1. The highest BCUT2D eigenvalue weighted by Gasteiger charge is 2.03. The largest absolute Gasteiger partial charge is 0.285 e. The second-order valence-electron chi connectivity index (χ2n) is 4.24. The minimum atomic E-state index is -0.112. The summed E-state index contributed by atoms with van der Waals surface area (Å²) < 4.78 is 1.33. The number of rotatable bonds is 2. The molecule has 0 unspecified atom stereocenters. The van der Waals surface area contributed by atoms with Gasteiger partial charge in [-0.3, -0.25) is 9.89 Å². The molecule has 5 heteroatoms. The molecule has 0 atom stereocenters. The zero-order chi connectivity index (χ0) is 13.2. The Morgan fingerprint density at radius 2 is 1.74 bits per heavy atom. The molecule has 3 rings (SSSR count). The second kappa shape index (κ2) is 4.53. The van der Waals surface area contributed by atoms with Crippen molar-refractivity contribution in [2.24, 2.45) is 7.05 Å². The first kappa shape index (κ1) is 11.4. The number of aryl methyl sites for hydroxylation is 1. The van der Waals surface area contributed by atoms with Crippen molar-refractivity contribution in [1.82, 2.24) is 20.0 Å². The van der Waals surface area contributed by atoms with Gasteiger partial charge in [-0.2, -0.15) is 10.2 Å². The number of hydrogen-bond donors (Lipinski definition) is 1. The summed E-state index contributed by atoms with van der Waals surface area (Å²) in [7, 11) is 1.64. The van der Waals surface area contributed by atoms with Crippen molar-refractivity contribution in [3.8, 4) is 22.4 Å². The van der Waals surface area contributed by atoms with Crippen molar-refractivity contribution in [1.29, 1.82) is 0 Å². The van der Waals surface area contributed by atoms with E-state index in [4.69, 9.17) is 0 Å². The van der Waals surface area contributed by atoms with Crippen molar-refractivity contribution < 1.29 is 0 Å². The molecule has 1 aromatic carbocycles. The first-order valence-electron chi connectivity index (χ1n) is 5.88. The highest BCUT2D eigenvalue weighted by molar-refractivity contribution is 5.67. The van der Waals surface area contributed by atoms with Gasteiger partial charge in [0.1, 0.15) is 0 Å². The summed E-state index contributed by atoms with van der Waals surface area (Å²) in [6.45, 7) is 0. The van der Waals surface area contributed by atoms with Gasteiger partial charge in [0.05, 0.1) is 11.9 Å². The lowest BCUT2D eigenvalue weighted by molar-refractivity contribution is 0.712. The summed E-state index contributed by atoms with van der Waals surface area (Å²) in [4.78, 5) is 11.3. The van der Waals surface area contributed by atoms with Gasteiger partial charge in [-0.05, 0) is 11.6 Å². The first-order valence-corrected chi connectivity index (χ1v) is 5.88. The zero-order valence-electron chi connectivity index (χ0n) is 10.4. The lowest BCUT2D eigenvalue weighted by Gasteiger charge is -2.03. The van der Waals surface area contributed by atoms with Crippen LogP contribution in [0, 0.1) is 0 Å². The lowest BCUT2D eigenvalue weighted by Crippen LogP contribution is -2.18. The van der Waals surface area contributed by atoms with Crippen LogP contribution in [0.1, 0.15) is 0 Å². The summed E-state index contributed by atoms with van der Waals surface area (Å²) in [6.07, 6.45) is 3.62. The van der Waals surface area contributed by atoms with Crippen LogP contribution < -0.4 is 5.56 Å². The smallest absolute Gasteiger partial charge is 0.266 e. The van der Waals surface area contributed by atoms with Crippen LogP contribution in [0.3, 0.4) is 0 Å². The van der Waals surface area contributed by atoms with Crippen LogP contribution >= 0.6 is 0 Å². The molecule has 0 aliphatic carbocycles. The van der Waals surface area contributed by atoms with Crippen LogP contribution in [0.5, 0.6) is 0 Å². The van der Waals surface area contributed by atoms with Crippen LogP contribution in [0.2, 0.25) is 0 Å². The number of aromatic amines is 1. The van der Waals surface area contributed by atoms with Gasteiger partial charge in [0.2, 0.25) is 0 Å². The van der Waals surface area contributed by atoms with Crippen molar-refractivity contribution >= 4 is 0 Å². The van der Waals surface area contributed by atoms with E-state index in [-0.39, 0.29) is 5.56 Å². The Hall–Kier alpha value is -2.69. The fraction of sp³-hybridized carbons (Fsp3) is 0.0714. The molecule has 0 saturated heterocycles. The Labute approximate surface area is 109 Å². The molecule has 2 heterocycles. The summed E-state index contributed by atoms with van der Waals surface area (Å²) in [6, 6.07) is 11.2. The standard InChI is InChI=1S/C14H12N4O/c1-18-14(19)7-6-13(17-18)11-4-2-10(3-5-11)12-8-15-16-9-12/h2-9H,1H3,(H,15,16). The average molecular weight is 252 g/mol. The van der Waals surface area contributed by atoms with Gasteiger partial charge in [-0.1, -0.05) is 24.3 Å². The SMILES string of the molecule is Cn1nc(-c2ccc(-c3cn[nH]c3)cc2)ccc1=O. The third-order valence-electron chi connectivity index (χ3n) is 2.97. The summed E-state index contributed by atoms with van der Waals surface area (Å²) >= 11 is 0. The number of hydrogen-bond acceptors (Lipinski definition) is 3. The minimum Gasteiger partial charge on any atom is -0.285 e. The number of H-pyrrole nitrogens is 1. The van der Waals surface area contributed by atoms with E-state index in [2.05, 4.69) is 15.3 Å². The Balaban J connectivity index is 1.98. The highest BCUT2D eigenvalue weighted by Crippen LogP contribution is 2.22. The topological polar surface area (TPSA) is 63.6 Å². The summed E-state index contributed by atoms with van der Waals surface area (Å²) in [5.41, 5.74) is 3.77. The van der Waals surface area contributed by atoms with Gasteiger partial charge >= 0.3 is 0 Å². The van der Waals surface area contributed by atoms with Gasteiger partial charge < -0.3 is 0 Å². The van der Waals surface area contributed by atoms with E-state index in [1.54, 1.807) is 19.3 Å². The van der Waals surface area contributed by atoms with E-state index in [0.717, 1.165) is 22.4 Å². The minimum absolute atomic E-state index is 0.112. The predicted molar refractivity (Wildman–Crippen MR) is 72.5 cm³/mol. The second-order valence-corrected chi connectivity index (χ2v) is 4.24. The van der Waals surface area contributed by atoms with Crippen LogP contribution in [0.4, 0.5) is 0 Å².